The van der Waals surface area contributed by atoms with Crippen molar-refractivity contribution in [1.29, 1.82) is 0 Å². The number of alkyl halides is 1. The molecule has 0 spiro atoms. The summed E-state index contributed by atoms with van der Waals surface area (Å²) < 4.78 is 20.9. The lowest BCUT2D eigenvalue weighted by Crippen LogP contribution is -2.46. The van der Waals surface area contributed by atoms with Gasteiger partial charge in [-0.15, -0.1) is 5.10 Å². The third kappa shape index (κ3) is 2.80. The van der Waals surface area contributed by atoms with Gasteiger partial charge in [0.2, 0.25) is 5.95 Å². The minimum Gasteiger partial charge on any atom is -0.378 e. The molecule has 5 heterocycles. The fourth-order valence-electron chi connectivity index (χ4n) is 3.64. The third-order valence-corrected chi connectivity index (χ3v) is 5.34. The summed E-state index contributed by atoms with van der Waals surface area (Å²) in [7, 11) is 0. The zero-order chi connectivity index (χ0) is 18.4. The summed E-state index contributed by atoms with van der Waals surface area (Å²) in [6, 6.07) is 0.0614. The third-order valence-electron chi connectivity index (χ3n) is 5.34. The maximum Gasteiger partial charge on any atom is 0.243 e. The van der Waals surface area contributed by atoms with E-state index >= 15 is 0 Å². The molecule has 2 N–H and O–H groups in total. The van der Waals surface area contributed by atoms with Crippen LogP contribution in [0.3, 0.4) is 0 Å². The number of nitrogens with zero attached hydrogens (tertiary/aromatic N) is 6. The zero-order valence-corrected chi connectivity index (χ0v) is 15.0. The Morgan fingerprint density at radius 3 is 3.00 bits per heavy atom. The molecule has 3 aromatic heterocycles. The molecule has 2 aliphatic rings. The molecule has 142 valence electrons. The van der Waals surface area contributed by atoms with Crippen molar-refractivity contribution in [3.63, 3.8) is 0 Å². The lowest BCUT2D eigenvalue weighted by molar-refractivity contribution is 0.0284. The van der Waals surface area contributed by atoms with E-state index in [2.05, 4.69) is 42.4 Å². The Morgan fingerprint density at radius 1 is 1.37 bits per heavy atom. The molecule has 2 fully saturated rings. The molecule has 3 unspecified atom stereocenters. The maximum atomic E-state index is 14.1. The second-order valence-corrected chi connectivity index (χ2v) is 7.09. The minimum absolute atomic E-state index is 0.105. The van der Waals surface area contributed by atoms with Gasteiger partial charge in [0, 0.05) is 31.0 Å². The minimum atomic E-state index is -1.07. The predicted octanol–water partition coefficient (Wildman–Crippen LogP) is 1.65. The maximum absolute atomic E-state index is 14.1. The van der Waals surface area contributed by atoms with Crippen LogP contribution in [0.2, 0.25) is 0 Å². The summed E-state index contributed by atoms with van der Waals surface area (Å²) in [5.74, 6) is 0.408. The van der Waals surface area contributed by atoms with Crippen LogP contribution in [0, 0.1) is 0 Å². The van der Waals surface area contributed by atoms with Gasteiger partial charge in [0.1, 0.15) is 23.9 Å². The van der Waals surface area contributed by atoms with Gasteiger partial charge >= 0.3 is 0 Å². The van der Waals surface area contributed by atoms with Crippen molar-refractivity contribution in [1.82, 2.24) is 29.8 Å². The molecular weight excluding hydrogens is 351 g/mol. The molecule has 0 aliphatic carbocycles. The van der Waals surface area contributed by atoms with Gasteiger partial charge in [-0.2, -0.15) is 14.6 Å². The van der Waals surface area contributed by atoms with E-state index < -0.39 is 6.17 Å². The normalized spacial score (nSPS) is 25.6. The Labute approximate surface area is 154 Å². The van der Waals surface area contributed by atoms with Gasteiger partial charge in [-0.25, -0.2) is 9.37 Å². The smallest absolute Gasteiger partial charge is 0.243 e. The van der Waals surface area contributed by atoms with Crippen LogP contribution in [0.4, 0.5) is 16.0 Å². The molecule has 3 atom stereocenters. The standard InChI is InChI=1S/C17H21FN8O/c1-10-2-4-25(10)15-14(11-6-20-21-7-11)19-9-26-16(15)23-17(24-26)22-13-3-5-27-8-12(13)18/h6-7,9-10,12-13H,2-5,8H2,1H3,(H,20,21)(H,22,24). The lowest BCUT2D eigenvalue weighted by Gasteiger charge is -2.41. The summed E-state index contributed by atoms with van der Waals surface area (Å²) in [6.45, 7) is 3.76. The average Bonchev–Trinajstić information content (AvgIpc) is 3.32. The van der Waals surface area contributed by atoms with E-state index in [-0.39, 0.29) is 12.6 Å². The number of ether oxygens (including phenoxy) is 1. The predicted molar refractivity (Wildman–Crippen MR) is 97.5 cm³/mol. The number of halogens is 1. The number of hydrogen-bond donors (Lipinski definition) is 2. The molecule has 0 radical (unpaired) electrons. The molecule has 0 bridgehead atoms. The highest BCUT2D eigenvalue weighted by atomic mass is 19.1. The second kappa shape index (κ2) is 6.45. The Kier molecular flexibility index (Phi) is 3.92. The summed E-state index contributed by atoms with van der Waals surface area (Å²) in [5.41, 5.74) is 3.35. The van der Waals surface area contributed by atoms with Crippen molar-refractivity contribution in [2.75, 3.05) is 30.0 Å². The second-order valence-electron chi connectivity index (χ2n) is 7.09. The topological polar surface area (TPSA) is 96.3 Å². The first kappa shape index (κ1) is 16.4. The van der Waals surface area contributed by atoms with Crippen molar-refractivity contribution >= 4 is 17.3 Å². The first-order valence-electron chi connectivity index (χ1n) is 9.20. The highest BCUT2D eigenvalue weighted by Crippen LogP contribution is 2.37. The van der Waals surface area contributed by atoms with Gasteiger partial charge in [-0.3, -0.25) is 5.10 Å². The van der Waals surface area contributed by atoms with Crippen LogP contribution in [0.1, 0.15) is 19.8 Å². The van der Waals surface area contributed by atoms with E-state index in [4.69, 9.17) is 4.74 Å². The van der Waals surface area contributed by atoms with Crippen LogP contribution in [0.5, 0.6) is 0 Å². The van der Waals surface area contributed by atoms with Crippen LogP contribution in [-0.4, -0.2) is 67.8 Å². The number of hydrogen-bond acceptors (Lipinski definition) is 7. The molecule has 2 saturated heterocycles. The first-order chi connectivity index (χ1) is 13.2. The van der Waals surface area contributed by atoms with Crippen molar-refractivity contribution in [3.05, 3.63) is 18.7 Å². The van der Waals surface area contributed by atoms with Gasteiger partial charge in [0.05, 0.1) is 18.8 Å². The number of rotatable bonds is 4. The first-order valence-corrected chi connectivity index (χ1v) is 9.20. The Bertz CT molecular complexity index is 942. The van der Waals surface area contributed by atoms with E-state index in [0.29, 0.717) is 30.7 Å². The number of aromatic amines is 1. The quantitative estimate of drug-likeness (QED) is 0.719. The zero-order valence-electron chi connectivity index (χ0n) is 15.0. The monoisotopic (exact) mass is 372 g/mol. The molecule has 2 aliphatic heterocycles. The molecule has 9 nitrogen and oxygen atoms in total. The van der Waals surface area contributed by atoms with E-state index in [0.717, 1.165) is 29.9 Å². The van der Waals surface area contributed by atoms with Crippen LogP contribution in [-0.2, 0) is 4.74 Å². The van der Waals surface area contributed by atoms with Crippen molar-refractivity contribution in [3.8, 4) is 11.3 Å². The van der Waals surface area contributed by atoms with Crippen molar-refractivity contribution in [2.24, 2.45) is 0 Å². The summed E-state index contributed by atoms with van der Waals surface area (Å²) in [5, 5.41) is 14.5. The van der Waals surface area contributed by atoms with Gasteiger partial charge in [0.15, 0.2) is 5.65 Å². The highest BCUT2D eigenvalue weighted by molar-refractivity contribution is 5.85. The van der Waals surface area contributed by atoms with Crippen molar-refractivity contribution in [2.45, 2.75) is 38.0 Å². The van der Waals surface area contributed by atoms with E-state index in [1.54, 1.807) is 17.0 Å². The van der Waals surface area contributed by atoms with Gasteiger partial charge in [-0.05, 0) is 19.8 Å². The lowest BCUT2D eigenvalue weighted by atomic mass is 10.0. The molecule has 27 heavy (non-hydrogen) atoms. The van der Waals surface area contributed by atoms with E-state index in [9.17, 15) is 4.39 Å². The average molecular weight is 372 g/mol. The molecule has 10 heteroatoms. The van der Waals surface area contributed by atoms with Gasteiger partial charge in [-0.1, -0.05) is 0 Å². The van der Waals surface area contributed by atoms with Crippen LogP contribution in [0.25, 0.3) is 16.9 Å². The van der Waals surface area contributed by atoms with Crippen LogP contribution >= 0.6 is 0 Å². The largest absolute Gasteiger partial charge is 0.378 e. The fraction of sp³-hybridized carbons (Fsp3) is 0.529. The van der Waals surface area contributed by atoms with Crippen LogP contribution < -0.4 is 10.2 Å². The molecule has 3 aromatic rings. The Balaban J connectivity index is 1.56. The SMILES string of the molecule is CC1CCN1c1c(-c2cn[nH]c2)ncn2nc(NC3CCOCC3F)nc12. The highest BCUT2D eigenvalue weighted by Gasteiger charge is 2.31. The molecule has 0 saturated carbocycles. The Hall–Kier alpha value is -2.75. The Morgan fingerprint density at radius 2 is 2.30 bits per heavy atom. The van der Waals surface area contributed by atoms with E-state index in [1.165, 1.54) is 0 Å². The molecule has 0 amide bonds. The number of H-pyrrole nitrogens is 1. The summed E-state index contributed by atoms with van der Waals surface area (Å²) in [4.78, 5) is 11.5. The number of nitrogens with one attached hydrogen (secondary N) is 2. The molecule has 0 aromatic carbocycles. The number of anilines is 2. The van der Waals surface area contributed by atoms with Gasteiger partial charge < -0.3 is 15.0 Å². The fourth-order valence-corrected chi connectivity index (χ4v) is 3.64. The van der Waals surface area contributed by atoms with Gasteiger partial charge in [0.25, 0.3) is 0 Å². The summed E-state index contributed by atoms with van der Waals surface area (Å²) >= 11 is 0. The molecular formula is C17H21FN8O. The number of aromatic nitrogens is 6. The van der Waals surface area contributed by atoms with E-state index in [1.807, 2.05) is 6.20 Å². The number of fused-ring (bicyclic) bond motifs is 1. The summed E-state index contributed by atoms with van der Waals surface area (Å²) in [6.07, 6.45) is 5.85. The molecule has 5 rings (SSSR count). The van der Waals surface area contributed by atoms with Crippen LogP contribution in [0.15, 0.2) is 18.7 Å². The van der Waals surface area contributed by atoms with Crippen molar-refractivity contribution < 1.29 is 9.13 Å².